The van der Waals surface area contributed by atoms with Crippen molar-refractivity contribution in [3.63, 3.8) is 0 Å². The van der Waals surface area contributed by atoms with E-state index < -0.39 is 0 Å². The van der Waals surface area contributed by atoms with Crippen LogP contribution in [0.25, 0.3) is 0 Å². The minimum absolute atomic E-state index is 0.159. The smallest absolute Gasteiger partial charge is 0.126 e. The van der Waals surface area contributed by atoms with Crippen LogP contribution in [0.3, 0.4) is 0 Å². The number of aliphatic hydroxyl groups excluding tert-OH is 1. The Bertz CT molecular complexity index is 315. The van der Waals surface area contributed by atoms with Crippen LogP contribution in [-0.4, -0.2) is 18.3 Å². The summed E-state index contributed by atoms with van der Waals surface area (Å²) in [6, 6.07) is 5.07. The van der Waals surface area contributed by atoms with Crippen molar-refractivity contribution in [1.82, 2.24) is 0 Å². The lowest BCUT2D eigenvalue weighted by Gasteiger charge is -2.07. The molecule has 2 nitrogen and oxygen atoms in total. The molecule has 0 aromatic heterocycles. The second-order valence-electron chi connectivity index (χ2n) is 4.03. The number of benzene rings is 1. The third kappa shape index (κ3) is 4.62. The Labute approximate surface area is 96.5 Å². The largest absolute Gasteiger partial charge is 0.396 e. The molecule has 0 spiro atoms. The lowest BCUT2D eigenvalue weighted by Crippen LogP contribution is -2.02. The molecule has 0 amide bonds. The summed E-state index contributed by atoms with van der Waals surface area (Å²) >= 11 is 0. The van der Waals surface area contributed by atoms with Crippen LogP contribution in [0.15, 0.2) is 18.2 Å². The van der Waals surface area contributed by atoms with E-state index in [1.54, 1.807) is 13.0 Å². The fourth-order valence-corrected chi connectivity index (χ4v) is 1.58. The van der Waals surface area contributed by atoms with E-state index in [0.29, 0.717) is 5.56 Å². The van der Waals surface area contributed by atoms with Crippen LogP contribution in [0.1, 0.15) is 31.2 Å². The van der Waals surface area contributed by atoms with Crippen molar-refractivity contribution in [2.45, 2.75) is 32.6 Å². The molecular weight excluding hydrogens is 205 g/mol. The van der Waals surface area contributed by atoms with E-state index in [1.807, 2.05) is 6.07 Å². The molecule has 0 aliphatic carbocycles. The van der Waals surface area contributed by atoms with Crippen molar-refractivity contribution < 1.29 is 9.50 Å². The van der Waals surface area contributed by atoms with Gasteiger partial charge in [-0.05, 0) is 43.5 Å². The molecule has 90 valence electrons. The lowest BCUT2D eigenvalue weighted by molar-refractivity contribution is 0.283. The number of aliphatic hydroxyl groups is 1. The van der Waals surface area contributed by atoms with E-state index in [-0.39, 0.29) is 12.4 Å². The van der Waals surface area contributed by atoms with Crippen LogP contribution in [0.2, 0.25) is 0 Å². The first-order valence-electron chi connectivity index (χ1n) is 5.85. The summed E-state index contributed by atoms with van der Waals surface area (Å²) in [5, 5.41) is 11.9. The number of rotatable bonds is 7. The molecule has 0 bridgehead atoms. The van der Waals surface area contributed by atoms with Gasteiger partial charge in [0, 0.05) is 18.8 Å². The van der Waals surface area contributed by atoms with Crippen LogP contribution in [0.5, 0.6) is 0 Å². The van der Waals surface area contributed by atoms with Crippen LogP contribution in [0.4, 0.5) is 10.1 Å². The molecule has 1 aromatic rings. The van der Waals surface area contributed by atoms with Crippen LogP contribution >= 0.6 is 0 Å². The maximum Gasteiger partial charge on any atom is 0.126 e. The second-order valence-corrected chi connectivity index (χ2v) is 4.03. The van der Waals surface area contributed by atoms with Crippen molar-refractivity contribution in [1.29, 1.82) is 0 Å². The van der Waals surface area contributed by atoms with Crippen molar-refractivity contribution in [3.8, 4) is 0 Å². The number of nitrogens with one attached hydrogen (secondary N) is 1. The quantitative estimate of drug-likeness (QED) is 0.699. The zero-order valence-electron chi connectivity index (χ0n) is 9.80. The first-order valence-corrected chi connectivity index (χ1v) is 5.85. The molecule has 2 N–H and O–H groups in total. The van der Waals surface area contributed by atoms with E-state index in [2.05, 4.69) is 5.32 Å². The normalized spacial score (nSPS) is 10.4. The molecule has 0 saturated carbocycles. The van der Waals surface area contributed by atoms with Gasteiger partial charge >= 0.3 is 0 Å². The standard InChI is InChI=1S/C13H20FNO/c1-11-10-12(6-7-13(11)14)15-8-4-2-3-5-9-16/h6-7,10,15-16H,2-5,8-9H2,1H3. The molecule has 0 saturated heterocycles. The van der Waals surface area contributed by atoms with Gasteiger partial charge < -0.3 is 10.4 Å². The van der Waals surface area contributed by atoms with Gasteiger partial charge in [0.1, 0.15) is 5.82 Å². The van der Waals surface area contributed by atoms with Gasteiger partial charge in [0.25, 0.3) is 0 Å². The molecule has 1 aromatic carbocycles. The molecule has 0 aliphatic rings. The van der Waals surface area contributed by atoms with Crippen LogP contribution in [-0.2, 0) is 0 Å². The zero-order valence-corrected chi connectivity index (χ0v) is 9.80. The highest BCUT2D eigenvalue weighted by molar-refractivity contribution is 5.45. The summed E-state index contributed by atoms with van der Waals surface area (Å²) in [7, 11) is 0. The van der Waals surface area contributed by atoms with E-state index in [9.17, 15) is 4.39 Å². The minimum Gasteiger partial charge on any atom is -0.396 e. The highest BCUT2D eigenvalue weighted by Gasteiger charge is 1.98. The van der Waals surface area contributed by atoms with Crippen LogP contribution < -0.4 is 5.32 Å². The van der Waals surface area contributed by atoms with Gasteiger partial charge in [-0.1, -0.05) is 12.8 Å². The molecule has 0 radical (unpaired) electrons. The van der Waals surface area contributed by atoms with E-state index in [4.69, 9.17) is 5.11 Å². The van der Waals surface area contributed by atoms with Gasteiger partial charge in [0.15, 0.2) is 0 Å². The van der Waals surface area contributed by atoms with Gasteiger partial charge in [-0.2, -0.15) is 0 Å². The Morgan fingerprint density at radius 1 is 1.19 bits per heavy atom. The highest BCUT2D eigenvalue weighted by atomic mass is 19.1. The molecule has 0 aliphatic heterocycles. The van der Waals surface area contributed by atoms with Gasteiger partial charge in [0.2, 0.25) is 0 Å². The van der Waals surface area contributed by atoms with Crippen molar-refractivity contribution in [3.05, 3.63) is 29.6 Å². The maximum atomic E-state index is 13.0. The summed E-state index contributed by atoms with van der Waals surface area (Å²) in [6.45, 7) is 2.95. The topological polar surface area (TPSA) is 32.3 Å². The van der Waals surface area contributed by atoms with Crippen molar-refractivity contribution >= 4 is 5.69 Å². The monoisotopic (exact) mass is 225 g/mol. The van der Waals surface area contributed by atoms with E-state index in [1.165, 1.54) is 6.07 Å². The number of hydrogen-bond acceptors (Lipinski definition) is 2. The zero-order chi connectivity index (χ0) is 11.8. The van der Waals surface area contributed by atoms with Crippen molar-refractivity contribution in [2.24, 2.45) is 0 Å². The average molecular weight is 225 g/mol. The molecule has 3 heteroatoms. The Balaban J connectivity index is 2.19. The number of hydrogen-bond donors (Lipinski definition) is 2. The first-order chi connectivity index (χ1) is 7.74. The average Bonchev–Trinajstić information content (AvgIpc) is 2.28. The van der Waals surface area contributed by atoms with Crippen molar-refractivity contribution in [2.75, 3.05) is 18.5 Å². The van der Waals surface area contributed by atoms with Gasteiger partial charge in [-0.3, -0.25) is 0 Å². The SMILES string of the molecule is Cc1cc(NCCCCCCO)ccc1F. The number of aryl methyl sites for hydroxylation is 1. The minimum atomic E-state index is -0.159. The summed E-state index contributed by atoms with van der Waals surface area (Å²) in [5.41, 5.74) is 1.64. The molecule has 0 atom stereocenters. The lowest BCUT2D eigenvalue weighted by atomic mass is 10.2. The fraction of sp³-hybridized carbons (Fsp3) is 0.538. The fourth-order valence-electron chi connectivity index (χ4n) is 1.58. The second kappa shape index (κ2) is 7.23. The molecule has 0 fully saturated rings. The highest BCUT2D eigenvalue weighted by Crippen LogP contribution is 2.13. The molecular formula is C13H20FNO. The summed E-state index contributed by atoms with van der Waals surface area (Å²) in [5.74, 6) is -0.159. The van der Waals surface area contributed by atoms with E-state index in [0.717, 1.165) is 37.9 Å². The Morgan fingerprint density at radius 2 is 1.94 bits per heavy atom. The Hall–Kier alpha value is -1.09. The molecule has 1 rings (SSSR count). The molecule has 0 heterocycles. The third-order valence-corrected chi connectivity index (χ3v) is 2.57. The number of halogens is 1. The number of anilines is 1. The van der Waals surface area contributed by atoms with Gasteiger partial charge in [0.05, 0.1) is 0 Å². The van der Waals surface area contributed by atoms with Crippen LogP contribution in [0, 0.1) is 12.7 Å². The first kappa shape index (κ1) is 13.0. The Kier molecular flexibility index (Phi) is 5.86. The predicted molar refractivity (Wildman–Crippen MR) is 65.2 cm³/mol. The van der Waals surface area contributed by atoms with Gasteiger partial charge in [-0.15, -0.1) is 0 Å². The summed E-state index contributed by atoms with van der Waals surface area (Å²) < 4.78 is 13.0. The maximum absolute atomic E-state index is 13.0. The van der Waals surface area contributed by atoms with E-state index >= 15 is 0 Å². The van der Waals surface area contributed by atoms with Gasteiger partial charge in [-0.25, -0.2) is 4.39 Å². The Morgan fingerprint density at radius 3 is 2.62 bits per heavy atom. The summed E-state index contributed by atoms with van der Waals surface area (Å²) in [6.07, 6.45) is 4.15. The number of unbranched alkanes of at least 4 members (excludes halogenated alkanes) is 3. The molecule has 16 heavy (non-hydrogen) atoms. The molecule has 0 unspecified atom stereocenters. The predicted octanol–water partition coefficient (Wildman–Crippen LogP) is 3.10. The summed E-state index contributed by atoms with van der Waals surface area (Å²) in [4.78, 5) is 0. The third-order valence-electron chi connectivity index (χ3n) is 2.57.